The Bertz CT molecular complexity index is 1030. The number of carbonyl (C=O) groups excluding carboxylic acids is 1. The Morgan fingerprint density at radius 1 is 1.12 bits per heavy atom. The van der Waals surface area contributed by atoms with Gasteiger partial charge in [-0.1, -0.05) is 23.5 Å². The van der Waals surface area contributed by atoms with Crippen molar-refractivity contribution < 1.29 is 17.9 Å². The lowest BCUT2D eigenvalue weighted by atomic mass is 10.1. The predicted octanol–water partition coefficient (Wildman–Crippen LogP) is 3.33. The monoisotopic (exact) mass is 390 g/mol. The minimum absolute atomic E-state index is 0.0736. The molecule has 8 heteroatoms. The van der Waals surface area contributed by atoms with E-state index in [0.717, 1.165) is 21.3 Å². The van der Waals surface area contributed by atoms with Crippen molar-refractivity contribution in [3.63, 3.8) is 0 Å². The molecule has 0 fully saturated rings. The average Bonchev–Trinajstić information content (AvgIpc) is 3.02. The Morgan fingerprint density at radius 2 is 1.77 bits per heavy atom. The molecule has 3 aromatic rings. The maximum absolute atomic E-state index is 12.4. The van der Waals surface area contributed by atoms with Crippen molar-refractivity contribution in [3.05, 3.63) is 47.5 Å². The smallest absolute Gasteiger partial charge is 0.241 e. The Morgan fingerprint density at radius 3 is 2.38 bits per heavy atom. The number of hydrogen-bond donors (Lipinski definition) is 1. The van der Waals surface area contributed by atoms with Crippen molar-refractivity contribution in [2.45, 2.75) is 18.7 Å². The molecular weight excluding hydrogens is 372 g/mol. The van der Waals surface area contributed by atoms with E-state index in [9.17, 15) is 13.2 Å². The number of sulfone groups is 1. The number of anilines is 1. The topological polar surface area (TPSA) is 85.4 Å². The van der Waals surface area contributed by atoms with Gasteiger partial charge in [0.25, 0.3) is 0 Å². The van der Waals surface area contributed by atoms with Gasteiger partial charge >= 0.3 is 0 Å². The Hall–Kier alpha value is -2.45. The number of aromatic nitrogens is 1. The van der Waals surface area contributed by atoms with E-state index in [1.54, 1.807) is 12.1 Å². The van der Waals surface area contributed by atoms with Crippen LogP contribution in [0.5, 0.6) is 5.75 Å². The summed E-state index contributed by atoms with van der Waals surface area (Å²) in [6, 6.07) is 9.90. The van der Waals surface area contributed by atoms with Gasteiger partial charge in [-0.05, 0) is 49.2 Å². The molecule has 0 bridgehead atoms. The standard InChI is InChI=1S/C18H18N2O4S2/c1-11-4-5-12(2)17-16(11)20-18(25-17)19-15(21)10-26(22,23)14-8-6-13(24-3)7-9-14/h4-9H,10H2,1-3H3,(H,19,20,21). The molecule has 0 radical (unpaired) electrons. The maximum atomic E-state index is 12.4. The highest BCUT2D eigenvalue weighted by Crippen LogP contribution is 2.30. The van der Waals surface area contributed by atoms with E-state index in [1.165, 1.54) is 30.6 Å². The number of nitrogens with one attached hydrogen (secondary N) is 1. The molecule has 136 valence electrons. The molecule has 2 aromatic carbocycles. The largest absolute Gasteiger partial charge is 0.497 e. The quantitative estimate of drug-likeness (QED) is 0.722. The summed E-state index contributed by atoms with van der Waals surface area (Å²) < 4.78 is 30.8. The lowest BCUT2D eigenvalue weighted by molar-refractivity contribution is -0.113. The van der Waals surface area contributed by atoms with E-state index in [0.29, 0.717) is 10.9 Å². The van der Waals surface area contributed by atoms with Crippen LogP contribution in [-0.4, -0.2) is 32.2 Å². The van der Waals surface area contributed by atoms with E-state index in [2.05, 4.69) is 10.3 Å². The second-order valence-corrected chi connectivity index (χ2v) is 8.87. The number of nitrogens with zero attached hydrogens (tertiary/aromatic N) is 1. The summed E-state index contributed by atoms with van der Waals surface area (Å²) in [5.74, 6) is -0.712. The fourth-order valence-corrected chi connectivity index (χ4v) is 4.67. The average molecular weight is 390 g/mol. The van der Waals surface area contributed by atoms with Crippen LogP contribution in [0.2, 0.25) is 0 Å². The molecule has 0 unspecified atom stereocenters. The minimum atomic E-state index is -3.74. The van der Waals surface area contributed by atoms with Crippen molar-refractivity contribution in [2.24, 2.45) is 0 Å². The Kier molecular flexibility index (Phi) is 4.97. The van der Waals surface area contributed by atoms with Gasteiger partial charge in [-0.3, -0.25) is 4.79 Å². The van der Waals surface area contributed by atoms with Gasteiger partial charge in [0.15, 0.2) is 15.0 Å². The van der Waals surface area contributed by atoms with Gasteiger partial charge in [0, 0.05) is 0 Å². The van der Waals surface area contributed by atoms with E-state index in [4.69, 9.17) is 4.74 Å². The summed E-state index contributed by atoms with van der Waals surface area (Å²) in [4.78, 5) is 16.7. The number of aryl methyl sites for hydroxylation is 2. The van der Waals surface area contributed by atoms with E-state index >= 15 is 0 Å². The second kappa shape index (κ2) is 7.05. The summed E-state index contributed by atoms with van der Waals surface area (Å²) in [5, 5.41) is 2.99. The van der Waals surface area contributed by atoms with Crippen LogP contribution in [-0.2, 0) is 14.6 Å². The number of amides is 1. The lowest BCUT2D eigenvalue weighted by Crippen LogP contribution is -2.22. The van der Waals surface area contributed by atoms with E-state index < -0.39 is 21.5 Å². The van der Waals surface area contributed by atoms with Crippen molar-refractivity contribution in [1.82, 2.24) is 4.98 Å². The highest BCUT2D eigenvalue weighted by atomic mass is 32.2. The first kappa shape index (κ1) is 18.3. The molecule has 0 aliphatic heterocycles. The zero-order valence-electron chi connectivity index (χ0n) is 14.6. The van der Waals surface area contributed by atoms with Crippen molar-refractivity contribution in [1.29, 1.82) is 0 Å². The van der Waals surface area contributed by atoms with Crippen molar-refractivity contribution >= 4 is 42.4 Å². The Labute approximate surface area is 155 Å². The molecule has 0 saturated heterocycles. The van der Waals surface area contributed by atoms with Crippen LogP contribution in [0.3, 0.4) is 0 Å². The van der Waals surface area contributed by atoms with Gasteiger partial charge in [-0.15, -0.1) is 0 Å². The van der Waals surface area contributed by atoms with Crippen LogP contribution in [0, 0.1) is 13.8 Å². The summed E-state index contributed by atoms with van der Waals surface area (Å²) in [7, 11) is -2.24. The summed E-state index contributed by atoms with van der Waals surface area (Å²) >= 11 is 1.34. The fourth-order valence-electron chi connectivity index (χ4n) is 2.51. The summed E-state index contributed by atoms with van der Waals surface area (Å²) in [6.07, 6.45) is 0. The maximum Gasteiger partial charge on any atom is 0.241 e. The first-order chi connectivity index (χ1) is 12.3. The van der Waals surface area contributed by atoms with Crippen LogP contribution >= 0.6 is 11.3 Å². The van der Waals surface area contributed by atoms with Crippen LogP contribution in [0.25, 0.3) is 10.2 Å². The molecule has 1 amide bonds. The normalized spacial score (nSPS) is 11.5. The van der Waals surface area contributed by atoms with Gasteiger partial charge in [0.05, 0.1) is 22.2 Å². The highest BCUT2D eigenvalue weighted by molar-refractivity contribution is 7.92. The molecule has 0 aliphatic rings. The molecule has 0 saturated carbocycles. The number of methoxy groups -OCH3 is 1. The molecular formula is C18H18N2O4S2. The third-order valence-electron chi connectivity index (χ3n) is 3.93. The highest BCUT2D eigenvalue weighted by Gasteiger charge is 2.20. The van der Waals surface area contributed by atoms with Gasteiger partial charge in [-0.2, -0.15) is 0 Å². The number of fused-ring (bicyclic) bond motifs is 1. The van der Waals surface area contributed by atoms with Gasteiger partial charge in [0.2, 0.25) is 5.91 Å². The first-order valence-electron chi connectivity index (χ1n) is 7.83. The molecule has 1 aromatic heterocycles. The first-order valence-corrected chi connectivity index (χ1v) is 10.3. The minimum Gasteiger partial charge on any atom is -0.497 e. The molecule has 1 N–H and O–H groups in total. The zero-order chi connectivity index (χ0) is 18.9. The zero-order valence-corrected chi connectivity index (χ0v) is 16.2. The third-order valence-corrected chi connectivity index (χ3v) is 6.67. The van der Waals surface area contributed by atoms with Crippen molar-refractivity contribution in [3.8, 4) is 5.75 Å². The Balaban J connectivity index is 1.77. The number of ether oxygens (including phenoxy) is 1. The fraction of sp³-hybridized carbons (Fsp3) is 0.222. The molecule has 6 nitrogen and oxygen atoms in total. The second-order valence-electron chi connectivity index (χ2n) is 5.88. The SMILES string of the molecule is COc1ccc(S(=O)(=O)CC(=O)Nc2nc3c(C)ccc(C)c3s2)cc1. The lowest BCUT2D eigenvalue weighted by Gasteiger charge is -2.05. The molecule has 0 atom stereocenters. The number of thiazole rings is 1. The van der Waals surface area contributed by atoms with Crippen LogP contribution in [0.1, 0.15) is 11.1 Å². The van der Waals surface area contributed by atoms with Gasteiger partial charge in [-0.25, -0.2) is 13.4 Å². The number of carbonyl (C=O) groups is 1. The van der Waals surface area contributed by atoms with Crippen LogP contribution in [0.15, 0.2) is 41.3 Å². The van der Waals surface area contributed by atoms with Crippen molar-refractivity contribution in [2.75, 3.05) is 18.2 Å². The number of hydrogen-bond acceptors (Lipinski definition) is 6. The van der Waals surface area contributed by atoms with Crippen LogP contribution < -0.4 is 10.1 Å². The molecule has 1 heterocycles. The summed E-state index contributed by atoms with van der Waals surface area (Å²) in [6.45, 7) is 3.92. The van der Waals surface area contributed by atoms with E-state index in [1.807, 2.05) is 26.0 Å². The summed E-state index contributed by atoms with van der Waals surface area (Å²) in [5.41, 5.74) is 2.89. The predicted molar refractivity (Wildman–Crippen MR) is 103 cm³/mol. The molecule has 0 spiro atoms. The van der Waals surface area contributed by atoms with Gasteiger partial charge < -0.3 is 10.1 Å². The number of benzene rings is 2. The van der Waals surface area contributed by atoms with E-state index in [-0.39, 0.29) is 4.90 Å². The molecule has 3 rings (SSSR count). The number of rotatable bonds is 5. The molecule has 0 aliphatic carbocycles. The van der Waals surface area contributed by atoms with Gasteiger partial charge in [0.1, 0.15) is 11.5 Å². The van der Waals surface area contributed by atoms with Crippen LogP contribution in [0.4, 0.5) is 5.13 Å². The molecule has 26 heavy (non-hydrogen) atoms. The third kappa shape index (κ3) is 3.71.